The largest absolute Gasteiger partial charge is 0.310 e. The van der Waals surface area contributed by atoms with Gasteiger partial charge in [-0.1, -0.05) is 6.92 Å². The molecule has 0 aliphatic carbocycles. The van der Waals surface area contributed by atoms with Gasteiger partial charge in [-0.25, -0.2) is 0 Å². The number of halogens is 2. The molecule has 0 bridgehead atoms. The summed E-state index contributed by atoms with van der Waals surface area (Å²) in [5, 5.41) is 10.5. The highest BCUT2D eigenvalue weighted by Gasteiger charge is 2.19. The lowest BCUT2D eigenvalue weighted by Crippen LogP contribution is -2.25. The maximum absolute atomic E-state index is 4.60. The Labute approximate surface area is 152 Å². The molecule has 0 radical (unpaired) electrons. The lowest BCUT2D eigenvalue weighted by molar-refractivity contribution is 0.502. The Morgan fingerprint density at radius 1 is 1.48 bits per heavy atom. The zero-order valence-corrected chi connectivity index (χ0v) is 17.2. The minimum Gasteiger partial charge on any atom is -0.310 e. The molecule has 2 rings (SSSR count). The van der Waals surface area contributed by atoms with Gasteiger partial charge in [-0.3, -0.25) is 4.68 Å². The van der Waals surface area contributed by atoms with Gasteiger partial charge in [-0.05, 0) is 82.3 Å². The van der Waals surface area contributed by atoms with Crippen LogP contribution in [0.15, 0.2) is 15.9 Å². The van der Waals surface area contributed by atoms with Crippen molar-refractivity contribution in [1.82, 2.24) is 15.1 Å². The summed E-state index contributed by atoms with van der Waals surface area (Å²) >= 11 is 7.91. The van der Waals surface area contributed by atoms with E-state index >= 15 is 0 Å². The van der Waals surface area contributed by atoms with Crippen LogP contribution < -0.4 is 5.32 Å². The molecular formula is C15H21BrIN3S. The Morgan fingerprint density at radius 2 is 2.24 bits per heavy atom. The van der Waals surface area contributed by atoms with E-state index in [1.54, 1.807) is 0 Å². The van der Waals surface area contributed by atoms with E-state index in [2.05, 4.69) is 85.8 Å². The zero-order chi connectivity index (χ0) is 15.4. The molecule has 116 valence electrons. The normalized spacial score (nSPS) is 12.8. The number of thiophene rings is 1. The van der Waals surface area contributed by atoms with Crippen LogP contribution in [0.25, 0.3) is 0 Å². The van der Waals surface area contributed by atoms with Crippen molar-refractivity contribution in [2.24, 2.45) is 0 Å². The van der Waals surface area contributed by atoms with Crippen molar-refractivity contribution in [3.8, 4) is 0 Å². The highest BCUT2D eigenvalue weighted by atomic mass is 127. The first-order chi connectivity index (χ1) is 10.1. The van der Waals surface area contributed by atoms with Gasteiger partial charge in [-0.2, -0.15) is 5.10 Å². The molecule has 21 heavy (non-hydrogen) atoms. The van der Waals surface area contributed by atoms with Gasteiger partial charge in [0.05, 0.1) is 18.7 Å². The SMILES string of the molecule is CCCNC(Cc1c(Br)c(C)nn1CC)c1csc(I)c1. The van der Waals surface area contributed by atoms with Crippen LogP contribution in [0.5, 0.6) is 0 Å². The summed E-state index contributed by atoms with van der Waals surface area (Å²) in [5.41, 5.74) is 3.73. The van der Waals surface area contributed by atoms with Gasteiger partial charge >= 0.3 is 0 Å². The average Bonchev–Trinajstić information content (AvgIpc) is 3.01. The first-order valence-electron chi connectivity index (χ1n) is 7.25. The second-order valence-corrected chi connectivity index (χ2v) is 8.66. The summed E-state index contributed by atoms with van der Waals surface area (Å²) in [6.07, 6.45) is 2.10. The van der Waals surface area contributed by atoms with Crippen molar-refractivity contribution in [3.63, 3.8) is 0 Å². The molecule has 1 N–H and O–H groups in total. The van der Waals surface area contributed by atoms with Crippen LogP contribution in [-0.4, -0.2) is 16.3 Å². The van der Waals surface area contributed by atoms with E-state index < -0.39 is 0 Å². The summed E-state index contributed by atoms with van der Waals surface area (Å²) in [5.74, 6) is 0. The third-order valence-electron chi connectivity index (χ3n) is 3.48. The molecule has 2 aromatic heterocycles. The summed E-state index contributed by atoms with van der Waals surface area (Å²) in [6, 6.07) is 2.63. The number of rotatable bonds is 7. The Balaban J connectivity index is 2.26. The van der Waals surface area contributed by atoms with Crippen molar-refractivity contribution in [3.05, 3.63) is 35.8 Å². The molecule has 2 aromatic rings. The fourth-order valence-corrected chi connectivity index (χ4v) is 4.26. The van der Waals surface area contributed by atoms with Gasteiger partial charge in [0.1, 0.15) is 0 Å². The Bertz CT molecular complexity index is 594. The number of aryl methyl sites for hydroxylation is 2. The van der Waals surface area contributed by atoms with E-state index in [0.29, 0.717) is 6.04 Å². The average molecular weight is 482 g/mol. The first-order valence-corrected chi connectivity index (χ1v) is 10.0. The van der Waals surface area contributed by atoms with Gasteiger partial charge in [-0.15, -0.1) is 11.3 Å². The van der Waals surface area contributed by atoms with Gasteiger partial charge in [0, 0.05) is 19.0 Å². The quantitative estimate of drug-likeness (QED) is 0.568. The van der Waals surface area contributed by atoms with E-state index in [-0.39, 0.29) is 0 Å². The zero-order valence-electron chi connectivity index (χ0n) is 12.6. The molecule has 0 aromatic carbocycles. The van der Waals surface area contributed by atoms with E-state index in [9.17, 15) is 0 Å². The number of hydrogen-bond donors (Lipinski definition) is 1. The molecular weight excluding hydrogens is 461 g/mol. The lowest BCUT2D eigenvalue weighted by atomic mass is 10.0. The minimum atomic E-state index is 0.349. The molecule has 0 aliphatic rings. The fraction of sp³-hybridized carbons (Fsp3) is 0.533. The predicted molar refractivity (Wildman–Crippen MR) is 102 cm³/mol. The summed E-state index contributed by atoms with van der Waals surface area (Å²) in [7, 11) is 0. The molecule has 0 amide bonds. The van der Waals surface area contributed by atoms with Crippen molar-refractivity contribution >= 4 is 49.9 Å². The molecule has 0 aliphatic heterocycles. The van der Waals surface area contributed by atoms with Crippen LogP contribution in [0.2, 0.25) is 0 Å². The monoisotopic (exact) mass is 481 g/mol. The molecule has 1 unspecified atom stereocenters. The second-order valence-electron chi connectivity index (χ2n) is 5.06. The highest BCUT2D eigenvalue weighted by Crippen LogP contribution is 2.29. The topological polar surface area (TPSA) is 29.9 Å². The Morgan fingerprint density at radius 3 is 2.81 bits per heavy atom. The van der Waals surface area contributed by atoms with Gasteiger partial charge in [0.15, 0.2) is 0 Å². The number of nitrogens with one attached hydrogen (secondary N) is 1. The summed E-state index contributed by atoms with van der Waals surface area (Å²) in [4.78, 5) is 0. The number of nitrogens with zero attached hydrogens (tertiary/aromatic N) is 2. The molecule has 3 nitrogen and oxygen atoms in total. The van der Waals surface area contributed by atoms with Crippen molar-refractivity contribution in [2.45, 2.75) is 46.2 Å². The second kappa shape index (κ2) is 8.08. The lowest BCUT2D eigenvalue weighted by Gasteiger charge is -2.18. The van der Waals surface area contributed by atoms with Crippen molar-refractivity contribution in [1.29, 1.82) is 0 Å². The molecule has 2 heterocycles. The maximum Gasteiger partial charge on any atom is 0.0738 e. The Kier molecular flexibility index (Phi) is 6.71. The van der Waals surface area contributed by atoms with Crippen LogP contribution in [0, 0.1) is 9.81 Å². The third-order valence-corrected chi connectivity index (χ3v) is 6.32. The van der Waals surface area contributed by atoms with Crippen molar-refractivity contribution in [2.75, 3.05) is 6.54 Å². The number of hydrogen-bond acceptors (Lipinski definition) is 3. The predicted octanol–water partition coefficient (Wildman–Crippen LogP) is 4.92. The van der Waals surface area contributed by atoms with Crippen LogP contribution in [0.3, 0.4) is 0 Å². The molecule has 1 atom stereocenters. The van der Waals surface area contributed by atoms with Crippen LogP contribution >= 0.6 is 49.9 Å². The number of aromatic nitrogens is 2. The smallest absolute Gasteiger partial charge is 0.0738 e. The standard InChI is InChI=1S/C15H21BrIN3S/c1-4-6-18-12(11-7-14(17)21-9-11)8-13-15(16)10(3)19-20(13)5-2/h7,9,12,18H,4-6,8H2,1-3H3. The van der Waals surface area contributed by atoms with E-state index in [1.807, 2.05) is 11.3 Å². The van der Waals surface area contributed by atoms with Gasteiger partial charge < -0.3 is 5.32 Å². The van der Waals surface area contributed by atoms with Crippen LogP contribution in [-0.2, 0) is 13.0 Å². The third kappa shape index (κ3) is 4.30. The molecule has 0 fully saturated rings. The fourth-order valence-electron chi connectivity index (χ4n) is 2.39. The molecule has 0 spiro atoms. The first kappa shape index (κ1) is 17.4. The Hall–Kier alpha value is 0.0800. The molecule has 0 saturated heterocycles. The maximum atomic E-state index is 4.60. The summed E-state index contributed by atoms with van der Waals surface area (Å²) < 4.78 is 4.60. The van der Waals surface area contributed by atoms with Gasteiger partial charge in [0.2, 0.25) is 0 Å². The van der Waals surface area contributed by atoms with E-state index in [4.69, 9.17) is 0 Å². The van der Waals surface area contributed by atoms with Crippen LogP contribution in [0.4, 0.5) is 0 Å². The van der Waals surface area contributed by atoms with Crippen molar-refractivity contribution < 1.29 is 0 Å². The summed E-state index contributed by atoms with van der Waals surface area (Å²) in [6.45, 7) is 8.35. The molecule has 0 saturated carbocycles. The van der Waals surface area contributed by atoms with Crippen LogP contribution in [0.1, 0.15) is 43.3 Å². The van der Waals surface area contributed by atoms with Gasteiger partial charge in [0.25, 0.3) is 0 Å². The highest BCUT2D eigenvalue weighted by molar-refractivity contribution is 14.1. The van der Waals surface area contributed by atoms with E-state index in [0.717, 1.165) is 36.1 Å². The van der Waals surface area contributed by atoms with E-state index in [1.165, 1.54) is 14.1 Å². The minimum absolute atomic E-state index is 0.349. The molecule has 6 heteroatoms.